The van der Waals surface area contributed by atoms with Crippen molar-refractivity contribution >= 4 is 38.8 Å². The highest BCUT2D eigenvalue weighted by atomic mass is 79.9. The number of alkyl halides is 1. The van der Waals surface area contributed by atoms with Gasteiger partial charge in [-0.25, -0.2) is 9.78 Å². The summed E-state index contributed by atoms with van der Waals surface area (Å²) in [4.78, 5) is 16.3. The normalized spacial score (nSPS) is 11.2. The maximum absolute atomic E-state index is 11.8. The first-order chi connectivity index (χ1) is 12.8. The second-order valence-corrected chi connectivity index (χ2v) is 7.51. The maximum atomic E-state index is 11.8. The molecule has 0 saturated heterocycles. The highest BCUT2D eigenvalue weighted by molar-refractivity contribution is 9.08. The number of hydrogen-bond acceptors (Lipinski definition) is 5. The summed E-state index contributed by atoms with van der Waals surface area (Å²) in [5.41, 5.74) is 3.50. The summed E-state index contributed by atoms with van der Waals surface area (Å²) < 4.78 is 11.1. The van der Waals surface area contributed by atoms with E-state index in [4.69, 9.17) is 14.4 Å². The zero-order chi connectivity index (χ0) is 19.6. The predicted octanol–water partition coefficient (Wildman–Crippen LogP) is 5.61. The fourth-order valence-corrected chi connectivity index (χ4v) is 2.92. The van der Waals surface area contributed by atoms with Crippen LogP contribution in [-0.2, 0) is 10.1 Å². The summed E-state index contributed by atoms with van der Waals surface area (Å²) >= 11 is 3.41. The average molecular weight is 428 g/mol. The first-order valence-electron chi connectivity index (χ1n) is 8.29. The Bertz CT molecular complexity index is 1030. The van der Waals surface area contributed by atoms with Crippen LogP contribution in [0.15, 0.2) is 40.8 Å². The Balaban J connectivity index is 1.85. The van der Waals surface area contributed by atoms with Crippen LogP contribution in [0.3, 0.4) is 0 Å². The molecule has 0 bridgehead atoms. The van der Waals surface area contributed by atoms with Gasteiger partial charge in [0.1, 0.15) is 11.1 Å². The Morgan fingerprint density at radius 3 is 2.59 bits per heavy atom. The highest BCUT2D eigenvalue weighted by Gasteiger charge is 2.17. The topological polar surface area (TPSA) is 88.1 Å². The van der Waals surface area contributed by atoms with Gasteiger partial charge in [0.25, 0.3) is 0 Å². The second kappa shape index (κ2) is 7.41. The number of aromatic nitrogens is 1. The summed E-state index contributed by atoms with van der Waals surface area (Å²) in [6.45, 7) is 5.42. The van der Waals surface area contributed by atoms with E-state index in [2.05, 4.69) is 32.3 Å². The van der Waals surface area contributed by atoms with Crippen LogP contribution in [0.4, 0.5) is 10.5 Å². The van der Waals surface area contributed by atoms with Crippen molar-refractivity contribution in [1.82, 2.24) is 4.98 Å². The molecule has 0 saturated carbocycles. The van der Waals surface area contributed by atoms with Crippen LogP contribution in [-0.4, -0.2) is 16.7 Å². The zero-order valence-corrected chi connectivity index (χ0v) is 16.8. The van der Waals surface area contributed by atoms with E-state index in [1.54, 1.807) is 36.4 Å². The van der Waals surface area contributed by atoms with Crippen molar-refractivity contribution < 1.29 is 13.9 Å². The van der Waals surface area contributed by atoms with Crippen molar-refractivity contribution in [2.75, 3.05) is 5.32 Å². The van der Waals surface area contributed by atoms with Crippen LogP contribution in [0.5, 0.6) is 0 Å². The lowest BCUT2D eigenvalue weighted by Crippen LogP contribution is -2.27. The molecular weight excluding hydrogens is 410 g/mol. The van der Waals surface area contributed by atoms with E-state index < -0.39 is 11.7 Å². The Morgan fingerprint density at radius 1 is 1.30 bits per heavy atom. The number of fused-ring (bicyclic) bond motifs is 1. The molecule has 138 valence electrons. The van der Waals surface area contributed by atoms with Gasteiger partial charge in [0.2, 0.25) is 5.89 Å². The van der Waals surface area contributed by atoms with E-state index in [1.807, 2.05) is 20.8 Å². The molecule has 0 spiro atoms. The van der Waals surface area contributed by atoms with E-state index in [1.165, 1.54) is 0 Å². The molecule has 7 heteroatoms. The number of carbonyl (C=O) groups excluding carboxylic acids is 1. The molecule has 27 heavy (non-hydrogen) atoms. The molecule has 3 rings (SSSR count). The molecule has 1 amide bonds. The third-order valence-corrected chi connectivity index (χ3v) is 4.22. The number of halogens is 1. The minimum absolute atomic E-state index is 0.450. The molecule has 6 nitrogen and oxygen atoms in total. The molecule has 3 aromatic rings. The molecule has 0 fully saturated rings. The average Bonchev–Trinajstić information content (AvgIpc) is 3.03. The quantitative estimate of drug-likeness (QED) is 0.548. The standard InChI is InChI=1S/C20H18BrN3O3/c1-20(2,3)27-19(25)23-15-6-4-13(5-7-15)18-24-16-9-12(11-22)8-14(10-21)17(16)26-18/h4-9H,10H2,1-3H3,(H,23,25). The van der Waals surface area contributed by atoms with Crippen LogP contribution in [0.2, 0.25) is 0 Å². The number of hydrogen-bond donors (Lipinski definition) is 1. The molecule has 0 radical (unpaired) electrons. The first-order valence-corrected chi connectivity index (χ1v) is 9.41. The summed E-state index contributed by atoms with van der Waals surface area (Å²) in [7, 11) is 0. The predicted molar refractivity (Wildman–Crippen MR) is 107 cm³/mol. The summed E-state index contributed by atoms with van der Waals surface area (Å²) in [6, 6.07) is 12.7. The van der Waals surface area contributed by atoms with Crippen molar-refractivity contribution in [3.8, 4) is 17.5 Å². The molecule has 0 aliphatic rings. The number of nitrogens with one attached hydrogen (secondary N) is 1. The fourth-order valence-electron chi connectivity index (χ4n) is 2.51. The second-order valence-electron chi connectivity index (χ2n) is 6.95. The van der Waals surface area contributed by atoms with Crippen molar-refractivity contribution in [2.45, 2.75) is 31.7 Å². The lowest BCUT2D eigenvalue weighted by molar-refractivity contribution is 0.0636. The monoisotopic (exact) mass is 427 g/mol. The number of rotatable bonds is 3. The number of anilines is 1. The Morgan fingerprint density at radius 2 is 2.00 bits per heavy atom. The zero-order valence-electron chi connectivity index (χ0n) is 15.2. The van der Waals surface area contributed by atoms with Crippen molar-refractivity contribution in [2.24, 2.45) is 0 Å². The Kier molecular flexibility index (Phi) is 5.19. The van der Waals surface area contributed by atoms with E-state index >= 15 is 0 Å². The van der Waals surface area contributed by atoms with Gasteiger partial charge in [0.05, 0.1) is 11.6 Å². The molecule has 0 aliphatic heterocycles. The molecular formula is C20H18BrN3O3. The Labute approximate surface area is 165 Å². The molecule has 0 unspecified atom stereocenters. The van der Waals surface area contributed by atoms with Crippen LogP contribution in [0.1, 0.15) is 31.9 Å². The molecule has 0 aliphatic carbocycles. The molecule has 2 aromatic carbocycles. The minimum atomic E-state index is -0.558. The van der Waals surface area contributed by atoms with E-state index in [9.17, 15) is 4.79 Å². The summed E-state index contributed by atoms with van der Waals surface area (Å²) in [6.07, 6.45) is -0.511. The van der Waals surface area contributed by atoms with Crippen LogP contribution < -0.4 is 5.32 Å². The summed E-state index contributed by atoms with van der Waals surface area (Å²) in [5, 5.41) is 12.4. The van der Waals surface area contributed by atoms with Gasteiger partial charge in [-0.15, -0.1) is 0 Å². The van der Waals surface area contributed by atoms with Crippen LogP contribution in [0, 0.1) is 11.3 Å². The van der Waals surface area contributed by atoms with Gasteiger partial charge in [0.15, 0.2) is 5.58 Å². The van der Waals surface area contributed by atoms with Gasteiger partial charge in [-0.05, 0) is 57.2 Å². The van der Waals surface area contributed by atoms with Crippen molar-refractivity contribution in [3.63, 3.8) is 0 Å². The van der Waals surface area contributed by atoms with Crippen molar-refractivity contribution in [1.29, 1.82) is 5.26 Å². The van der Waals surface area contributed by atoms with Gasteiger partial charge < -0.3 is 9.15 Å². The SMILES string of the molecule is CC(C)(C)OC(=O)Nc1ccc(-c2nc3cc(C#N)cc(CBr)c3o2)cc1. The number of amides is 1. The fraction of sp³-hybridized carbons (Fsp3) is 0.250. The third-order valence-electron chi connectivity index (χ3n) is 3.62. The smallest absolute Gasteiger partial charge is 0.412 e. The van der Waals surface area contributed by atoms with E-state index in [-0.39, 0.29) is 0 Å². The number of oxazole rings is 1. The molecule has 1 heterocycles. The Hall–Kier alpha value is -2.85. The van der Waals surface area contributed by atoms with Gasteiger partial charge in [-0.1, -0.05) is 15.9 Å². The van der Waals surface area contributed by atoms with Crippen molar-refractivity contribution in [3.05, 3.63) is 47.5 Å². The maximum Gasteiger partial charge on any atom is 0.412 e. The lowest BCUT2D eigenvalue weighted by atomic mass is 10.1. The number of carbonyl (C=O) groups is 1. The number of nitriles is 1. The first kappa shape index (κ1) is 18.9. The minimum Gasteiger partial charge on any atom is -0.444 e. The van der Waals surface area contributed by atoms with Gasteiger partial charge in [-0.2, -0.15) is 5.26 Å². The third kappa shape index (κ3) is 4.47. The number of nitrogens with zero attached hydrogens (tertiary/aromatic N) is 2. The van der Waals surface area contributed by atoms with Gasteiger partial charge in [0, 0.05) is 22.1 Å². The lowest BCUT2D eigenvalue weighted by Gasteiger charge is -2.19. The van der Waals surface area contributed by atoms with E-state index in [0.29, 0.717) is 33.6 Å². The molecule has 1 N–H and O–H groups in total. The molecule has 1 aromatic heterocycles. The van der Waals surface area contributed by atoms with Crippen LogP contribution >= 0.6 is 15.9 Å². The van der Waals surface area contributed by atoms with Gasteiger partial charge >= 0.3 is 6.09 Å². The molecule has 0 atom stereocenters. The van der Waals surface area contributed by atoms with Crippen LogP contribution in [0.25, 0.3) is 22.6 Å². The highest BCUT2D eigenvalue weighted by Crippen LogP contribution is 2.29. The number of benzene rings is 2. The number of ether oxygens (including phenoxy) is 1. The van der Waals surface area contributed by atoms with E-state index in [0.717, 1.165) is 11.1 Å². The largest absolute Gasteiger partial charge is 0.444 e. The summed E-state index contributed by atoms with van der Waals surface area (Å²) in [5.74, 6) is 0.450. The van der Waals surface area contributed by atoms with Gasteiger partial charge in [-0.3, -0.25) is 5.32 Å².